The highest BCUT2D eigenvalue weighted by Gasteiger charge is 2.23. The van der Waals surface area contributed by atoms with E-state index in [1.807, 2.05) is 0 Å². The molecule has 0 bridgehead atoms. The van der Waals surface area contributed by atoms with Crippen LogP contribution in [0.3, 0.4) is 0 Å². The lowest BCUT2D eigenvalue weighted by molar-refractivity contribution is 0.0794. The van der Waals surface area contributed by atoms with Gasteiger partial charge in [-0.3, -0.25) is 9.59 Å². The SMILES string of the molecule is C=CCNS(=O)(=O)c1cccc(C(=O)Nc2ccc(Cl)cc2C(=O)N2CCCC2)c1. The van der Waals surface area contributed by atoms with E-state index in [4.69, 9.17) is 11.6 Å². The van der Waals surface area contributed by atoms with Crippen molar-refractivity contribution in [3.05, 3.63) is 71.3 Å². The van der Waals surface area contributed by atoms with E-state index in [0.717, 1.165) is 12.8 Å². The summed E-state index contributed by atoms with van der Waals surface area (Å²) in [6.07, 6.45) is 3.30. The van der Waals surface area contributed by atoms with Crippen LogP contribution in [0.25, 0.3) is 0 Å². The first kappa shape index (κ1) is 22.0. The fourth-order valence-corrected chi connectivity index (χ4v) is 4.36. The third-order valence-electron chi connectivity index (χ3n) is 4.68. The molecule has 0 atom stereocenters. The van der Waals surface area contributed by atoms with Crippen molar-refractivity contribution in [2.45, 2.75) is 17.7 Å². The first-order valence-electron chi connectivity index (χ1n) is 9.42. The second-order valence-electron chi connectivity index (χ2n) is 6.81. The summed E-state index contributed by atoms with van der Waals surface area (Å²) in [5, 5.41) is 3.09. The maximum Gasteiger partial charge on any atom is 0.256 e. The fraction of sp³-hybridized carbons (Fsp3) is 0.238. The van der Waals surface area contributed by atoms with Gasteiger partial charge in [-0.15, -0.1) is 6.58 Å². The molecular weight excluding hydrogens is 426 g/mol. The van der Waals surface area contributed by atoms with Gasteiger partial charge >= 0.3 is 0 Å². The highest BCUT2D eigenvalue weighted by Crippen LogP contribution is 2.25. The van der Waals surface area contributed by atoms with Crippen molar-refractivity contribution >= 4 is 39.1 Å². The van der Waals surface area contributed by atoms with Crippen molar-refractivity contribution in [2.24, 2.45) is 0 Å². The Morgan fingerprint density at radius 1 is 1.13 bits per heavy atom. The Kier molecular flexibility index (Phi) is 6.91. The Balaban J connectivity index is 1.85. The molecule has 1 aliphatic heterocycles. The molecule has 0 unspecified atom stereocenters. The average molecular weight is 448 g/mol. The zero-order valence-corrected chi connectivity index (χ0v) is 17.8. The summed E-state index contributed by atoms with van der Waals surface area (Å²) in [7, 11) is -3.77. The number of halogens is 1. The van der Waals surface area contributed by atoms with E-state index in [1.165, 1.54) is 36.4 Å². The van der Waals surface area contributed by atoms with Gasteiger partial charge in [-0.1, -0.05) is 23.7 Å². The lowest BCUT2D eigenvalue weighted by Gasteiger charge is -2.18. The maximum absolute atomic E-state index is 12.8. The number of hydrogen-bond acceptors (Lipinski definition) is 4. The first-order valence-corrected chi connectivity index (χ1v) is 11.3. The molecule has 30 heavy (non-hydrogen) atoms. The van der Waals surface area contributed by atoms with Gasteiger partial charge in [0.15, 0.2) is 0 Å². The van der Waals surface area contributed by atoms with Crippen molar-refractivity contribution in [2.75, 3.05) is 25.0 Å². The van der Waals surface area contributed by atoms with Gasteiger partial charge in [0.2, 0.25) is 10.0 Å². The monoisotopic (exact) mass is 447 g/mol. The molecular formula is C21H22ClN3O4S. The maximum atomic E-state index is 12.8. The van der Waals surface area contributed by atoms with Crippen molar-refractivity contribution in [1.29, 1.82) is 0 Å². The molecule has 3 rings (SSSR count). The van der Waals surface area contributed by atoms with Gasteiger partial charge in [-0.25, -0.2) is 13.1 Å². The molecule has 1 saturated heterocycles. The predicted octanol–water partition coefficient (Wildman–Crippen LogP) is 3.29. The lowest BCUT2D eigenvalue weighted by atomic mass is 10.1. The molecule has 0 aromatic heterocycles. The molecule has 1 heterocycles. The number of rotatable bonds is 7. The summed E-state index contributed by atoms with van der Waals surface area (Å²) in [5.74, 6) is -0.733. The zero-order valence-electron chi connectivity index (χ0n) is 16.2. The third-order valence-corrected chi connectivity index (χ3v) is 6.33. The number of hydrogen-bond donors (Lipinski definition) is 2. The first-order chi connectivity index (χ1) is 14.3. The number of carbonyl (C=O) groups is 2. The summed E-state index contributed by atoms with van der Waals surface area (Å²) >= 11 is 6.07. The van der Waals surface area contributed by atoms with Crippen LogP contribution >= 0.6 is 11.6 Å². The number of carbonyl (C=O) groups excluding carboxylic acids is 2. The number of anilines is 1. The van der Waals surface area contributed by atoms with Gasteiger partial charge in [0, 0.05) is 30.2 Å². The average Bonchev–Trinajstić information content (AvgIpc) is 3.28. The highest BCUT2D eigenvalue weighted by molar-refractivity contribution is 7.89. The van der Waals surface area contributed by atoms with Crippen molar-refractivity contribution in [3.8, 4) is 0 Å². The summed E-state index contributed by atoms with van der Waals surface area (Å²) in [6.45, 7) is 4.88. The van der Waals surface area contributed by atoms with Crippen LogP contribution in [0.4, 0.5) is 5.69 Å². The van der Waals surface area contributed by atoms with E-state index >= 15 is 0 Å². The standard InChI is InChI=1S/C21H22ClN3O4S/c1-2-10-23-30(28,29)17-7-5-6-15(13-17)20(26)24-19-9-8-16(22)14-18(19)21(27)25-11-3-4-12-25/h2,5-9,13-14,23H,1,3-4,10-12H2,(H,24,26). The van der Waals surface area contributed by atoms with Gasteiger partial charge < -0.3 is 10.2 Å². The molecule has 0 saturated carbocycles. The number of likely N-dealkylation sites (tertiary alicyclic amines) is 1. The lowest BCUT2D eigenvalue weighted by Crippen LogP contribution is -2.29. The third kappa shape index (κ3) is 5.08. The molecule has 1 aliphatic rings. The zero-order chi connectivity index (χ0) is 21.7. The van der Waals surface area contributed by atoms with Gasteiger partial charge in [0.1, 0.15) is 0 Å². The largest absolute Gasteiger partial charge is 0.339 e. The number of amides is 2. The van der Waals surface area contributed by atoms with Crippen LogP contribution in [-0.4, -0.2) is 44.8 Å². The van der Waals surface area contributed by atoms with Crippen LogP contribution in [0, 0.1) is 0 Å². The quantitative estimate of drug-likeness (QED) is 0.636. The molecule has 0 spiro atoms. The predicted molar refractivity (Wildman–Crippen MR) is 116 cm³/mol. The molecule has 2 amide bonds. The van der Waals surface area contributed by atoms with Crippen LogP contribution in [0.15, 0.2) is 60.0 Å². The van der Waals surface area contributed by atoms with Crippen molar-refractivity contribution < 1.29 is 18.0 Å². The Morgan fingerprint density at radius 2 is 1.87 bits per heavy atom. The topological polar surface area (TPSA) is 95.6 Å². The second-order valence-corrected chi connectivity index (χ2v) is 9.02. The minimum Gasteiger partial charge on any atom is -0.339 e. The Morgan fingerprint density at radius 3 is 2.57 bits per heavy atom. The van der Waals surface area contributed by atoms with Crippen molar-refractivity contribution in [1.82, 2.24) is 9.62 Å². The van der Waals surface area contributed by atoms with E-state index in [-0.39, 0.29) is 22.9 Å². The van der Waals surface area contributed by atoms with Crippen LogP contribution < -0.4 is 10.0 Å². The molecule has 2 N–H and O–H groups in total. The van der Waals surface area contributed by atoms with Gasteiger partial charge in [-0.2, -0.15) is 0 Å². The summed E-state index contributed by atoms with van der Waals surface area (Å²) < 4.78 is 27.0. The normalized spacial score (nSPS) is 13.8. The molecule has 158 valence electrons. The van der Waals surface area contributed by atoms with E-state index in [9.17, 15) is 18.0 Å². The fourth-order valence-electron chi connectivity index (χ4n) is 3.14. The number of nitrogens with one attached hydrogen (secondary N) is 2. The van der Waals surface area contributed by atoms with Gasteiger partial charge in [-0.05, 0) is 49.2 Å². The minimum absolute atomic E-state index is 0.0403. The smallest absolute Gasteiger partial charge is 0.256 e. The van der Waals surface area contributed by atoms with Gasteiger partial charge in [0.25, 0.3) is 11.8 Å². The van der Waals surface area contributed by atoms with E-state index in [2.05, 4.69) is 16.6 Å². The molecule has 9 heteroatoms. The molecule has 0 radical (unpaired) electrons. The number of benzene rings is 2. The molecule has 7 nitrogen and oxygen atoms in total. The van der Waals surface area contributed by atoms with E-state index in [0.29, 0.717) is 29.4 Å². The van der Waals surface area contributed by atoms with E-state index < -0.39 is 15.9 Å². The summed E-state index contributed by atoms with van der Waals surface area (Å²) in [6, 6.07) is 10.3. The van der Waals surface area contributed by atoms with Crippen LogP contribution in [0.5, 0.6) is 0 Å². The van der Waals surface area contributed by atoms with Crippen LogP contribution in [-0.2, 0) is 10.0 Å². The Labute approximate surface area is 180 Å². The molecule has 2 aromatic carbocycles. The van der Waals surface area contributed by atoms with Crippen LogP contribution in [0.2, 0.25) is 5.02 Å². The van der Waals surface area contributed by atoms with Crippen LogP contribution in [0.1, 0.15) is 33.6 Å². The minimum atomic E-state index is -3.77. The van der Waals surface area contributed by atoms with Gasteiger partial charge in [0.05, 0.1) is 16.1 Å². The Bertz CT molecular complexity index is 1080. The molecule has 1 fully saturated rings. The Hall–Kier alpha value is -2.68. The molecule has 2 aromatic rings. The van der Waals surface area contributed by atoms with Crippen molar-refractivity contribution in [3.63, 3.8) is 0 Å². The summed E-state index contributed by atoms with van der Waals surface area (Å²) in [4.78, 5) is 27.3. The molecule has 0 aliphatic carbocycles. The van der Waals surface area contributed by atoms with E-state index in [1.54, 1.807) is 17.0 Å². The number of nitrogens with zero attached hydrogens (tertiary/aromatic N) is 1. The summed E-state index contributed by atoms with van der Waals surface area (Å²) in [5.41, 5.74) is 0.763. The second kappa shape index (κ2) is 9.42. The number of sulfonamides is 1. The highest BCUT2D eigenvalue weighted by atomic mass is 35.5.